The lowest BCUT2D eigenvalue weighted by molar-refractivity contribution is 0.102. The number of nitrogens with one attached hydrogen (secondary N) is 1. The third-order valence-corrected chi connectivity index (χ3v) is 2.96. The second-order valence-electron chi connectivity index (χ2n) is 3.51. The van der Waals surface area contributed by atoms with Gasteiger partial charge in [0.05, 0.1) is 0 Å². The molecule has 0 saturated carbocycles. The summed E-state index contributed by atoms with van der Waals surface area (Å²) in [6.07, 6.45) is 0. The van der Waals surface area contributed by atoms with Crippen molar-refractivity contribution in [1.82, 2.24) is 0 Å². The van der Waals surface area contributed by atoms with Crippen molar-refractivity contribution in [2.24, 2.45) is 0 Å². The van der Waals surface area contributed by atoms with Crippen molar-refractivity contribution < 1.29 is 4.79 Å². The van der Waals surface area contributed by atoms with Crippen LogP contribution in [0.15, 0.2) is 57.9 Å². The van der Waals surface area contributed by atoms with Crippen LogP contribution in [0.25, 0.3) is 0 Å². The molecule has 86 valence electrons. The number of benzene rings is 2. The number of carbonyl (C=O) groups is 1. The predicted octanol–water partition coefficient (Wildman–Crippen LogP) is 3.99. The molecule has 0 aliphatic heterocycles. The maximum Gasteiger partial charge on any atom is 0.255 e. The first-order valence-corrected chi connectivity index (χ1v) is 6.25. The van der Waals surface area contributed by atoms with Gasteiger partial charge < -0.3 is 5.32 Å². The van der Waals surface area contributed by atoms with Gasteiger partial charge in [-0.25, -0.2) is 0 Å². The largest absolute Gasteiger partial charge is 0.322 e. The van der Waals surface area contributed by atoms with Crippen molar-refractivity contribution in [1.29, 1.82) is 0 Å². The Bertz CT molecular complexity index is 557. The second-order valence-corrected chi connectivity index (χ2v) is 4.95. The monoisotopic (exact) mass is 307 g/mol. The van der Waals surface area contributed by atoms with Gasteiger partial charge in [-0.2, -0.15) is 0 Å². The molecule has 0 atom stereocenters. The molecule has 0 bridgehead atoms. The Morgan fingerprint density at radius 3 is 2.59 bits per heavy atom. The zero-order chi connectivity index (χ0) is 12.3. The Balaban J connectivity index is 2.17. The lowest BCUT2D eigenvalue weighted by atomic mass is 10.2. The van der Waals surface area contributed by atoms with Crippen molar-refractivity contribution in [2.75, 3.05) is 5.32 Å². The molecule has 2 rings (SSSR count). The molecule has 0 radical (unpaired) electrons. The third kappa shape index (κ3) is 3.35. The summed E-state index contributed by atoms with van der Waals surface area (Å²) in [5.41, 5.74) is 1.35. The van der Waals surface area contributed by atoms with Crippen molar-refractivity contribution in [3.05, 3.63) is 58.6 Å². The van der Waals surface area contributed by atoms with Gasteiger partial charge in [0.1, 0.15) is 0 Å². The highest BCUT2D eigenvalue weighted by Gasteiger charge is 2.05. The van der Waals surface area contributed by atoms with Crippen LogP contribution in [-0.2, 0) is 0 Å². The SMILES string of the molecule is O=C(Nc1cccc(Br)c1)c1cccc(S)c1. The number of carbonyl (C=O) groups excluding carboxylic acids is 1. The Hall–Kier alpha value is -1.26. The van der Waals surface area contributed by atoms with E-state index in [9.17, 15) is 4.79 Å². The van der Waals surface area contributed by atoms with E-state index in [4.69, 9.17) is 0 Å². The number of thiol groups is 1. The molecule has 1 N–H and O–H groups in total. The zero-order valence-corrected chi connectivity index (χ0v) is 11.3. The molecule has 0 aliphatic rings. The summed E-state index contributed by atoms with van der Waals surface area (Å²) in [7, 11) is 0. The molecular formula is C13H10BrNOS. The topological polar surface area (TPSA) is 29.1 Å². The molecule has 0 saturated heterocycles. The van der Waals surface area contributed by atoms with Gasteiger partial charge in [-0.15, -0.1) is 12.6 Å². The summed E-state index contributed by atoms with van der Waals surface area (Å²) >= 11 is 7.56. The Morgan fingerprint density at radius 1 is 1.12 bits per heavy atom. The fourth-order valence-corrected chi connectivity index (χ4v) is 2.04. The molecule has 2 aromatic rings. The average molecular weight is 308 g/mol. The number of hydrogen-bond donors (Lipinski definition) is 2. The minimum atomic E-state index is -0.140. The maximum atomic E-state index is 11.9. The van der Waals surface area contributed by atoms with Crippen LogP contribution in [0.2, 0.25) is 0 Å². The molecule has 0 heterocycles. The number of amides is 1. The first kappa shape index (κ1) is 12.2. The highest BCUT2D eigenvalue weighted by atomic mass is 79.9. The first-order valence-electron chi connectivity index (χ1n) is 5.01. The smallest absolute Gasteiger partial charge is 0.255 e. The van der Waals surface area contributed by atoms with Crippen molar-refractivity contribution in [3.63, 3.8) is 0 Å². The van der Waals surface area contributed by atoms with E-state index in [0.717, 1.165) is 15.1 Å². The molecule has 0 aliphatic carbocycles. The molecule has 1 amide bonds. The summed E-state index contributed by atoms with van der Waals surface area (Å²) in [5.74, 6) is -0.140. The van der Waals surface area contributed by atoms with E-state index in [2.05, 4.69) is 33.9 Å². The van der Waals surface area contributed by atoms with E-state index in [1.54, 1.807) is 18.2 Å². The Morgan fingerprint density at radius 2 is 1.88 bits per heavy atom. The highest BCUT2D eigenvalue weighted by molar-refractivity contribution is 9.10. The average Bonchev–Trinajstić information content (AvgIpc) is 2.29. The summed E-state index contributed by atoms with van der Waals surface area (Å²) in [5, 5.41) is 2.82. The van der Waals surface area contributed by atoms with Crippen molar-refractivity contribution in [2.45, 2.75) is 4.90 Å². The number of rotatable bonds is 2. The summed E-state index contributed by atoms with van der Waals surface area (Å²) < 4.78 is 0.929. The van der Waals surface area contributed by atoms with Gasteiger partial charge in [0, 0.05) is 20.6 Å². The standard InChI is InChI=1S/C13H10BrNOS/c14-10-4-2-5-11(8-10)15-13(16)9-3-1-6-12(17)7-9/h1-8,17H,(H,15,16). The van der Waals surface area contributed by atoms with Crippen LogP contribution in [-0.4, -0.2) is 5.91 Å². The predicted molar refractivity (Wildman–Crippen MR) is 75.8 cm³/mol. The van der Waals surface area contributed by atoms with Gasteiger partial charge in [-0.05, 0) is 36.4 Å². The van der Waals surface area contributed by atoms with E-state index in [0.29, 0.717) is 5.56 Å². The van der Waals surface area contributed by atoms with Crippen molar-refractivity contribution >= 4 is 40.2 Å². The summed E-state index contributed by atoms with van der Waals surface area (Å²) in [6.45, 7) is 0. The quantitative estimate of drug-likeness (QED) is 0.807. The minimum absolute atomic E-state index is 0.140. The van der Waals surface area contributed by atoms with Crippen LogP contribution >= 0.6 is 28.6 Å². The molecule has 0 fully saturated rings. The highest BCUT2D eigenvalue weighted by Crippen LogP contribution is 2.17. The van der Waals surface area contributed by atoms with E-state index in [-0.39, 0.29) is 5.91 Å². The maximum absolute atomic E-state index is 11.9. The Labute approximate surface area is 114 Å². The molecule has 0 aromatic heterocycles. The summed E-state index contributed by atoms with van der Waals surface area (Å²) in [6, 6.07) is 14.6. The van der Waals surface area contributed by atoms with Crippen LogP contribution in [0.3, 0.4) is 0 Å². The molecule has 0 unspecified atom stereocenters. The van der Waals surface area contributed by atoms with Crippen LogP contribution < -0.4 is 5.32 Å². The lowest BCUT2D eigenvalue weighted by Crippen LogP contribution is -2.11. The molecule has 4 heteroatoms. The van der Waals surface area contributed by atoms with E-state index >= 15 is 0 Å². The zero-order valence-electron chi connectivity index (χ0n) is 8.85. The number of anilines is 1. The van der Waals surface area contributed by atoms with Crippen LogP contribution in [0, 0.1) is 0 Å². The van der Waals surface area contributed by atoms with E-state index in [1.807, 2.05) is 30.3 Å². The van der Waals surface area contributed by atoms with Gasteiger partial charge in [-0.3, -0.25) is 4.79 Å². The third-order valence-electron chi connectivity index (χ3n) is 2.19. The lowest BCUT2D eigenvalue weighted by Gasteiger charge is -2.05. The van der Waals surface area contributed by atoms with Gasteiger partial charge in [0.2, 0.25) is 0 Å². The van der Waals surface area contributed by atoms with E-state index < -0.39 is 0 Å². The molecule has 17 heavy (non-hydrogen) atoms. The fraction of sp³-hybridized carbons (Fsp3) is 0. The number of halogens is 1. The molecular weight excluding hydrogens is 298 g/mol. The van der Waals surface area contributed by atoms with Gasteiger partial charge in [0.15, 0.2) is 0 Å². The molecule has 2 aromatic carbocycles. The van der Waals surface area contributed by atoms with Gasteiger partial charge >= 0.3 is 0 Å². The molecule has 2 nitrogen and oxygen atoms in total. The van der Waals surface area contributed by atoms with Gasteiger partial charge in [0.25, 0.3) is 5.91 Å². The summed E-state index contributed by atoms with van der Waals surface area (Å²) in [4.78, 5) is 12.7. The first-order chi connectivity index (χ1) is 8.15. The van der Waals surface area contributed by atoms with Crippen LogP contribution in [0.1, 0.15) is 10.4 Å². The minimum Gasteiger partial charge on any atom is -0.322 e. The number of hydrogen-bond acceptors (Lipinski definition) is 2. The molecule has 0 spiro atoms. The van der Waals surface area contributed by atoms with E-state index in [1.165, 1.54) is 0 Å². The van der Waals surface area contributed by atoms with Crippen LogP contribution in [0.4, 0.5) is 5.69 Å². The van der Waals surface area contributed by atoms with Gasteiger partial charge in [-0.1, -0.05) is 28.1 Å². The van der Waals surface area contributed by atoms with Crippen molar-refractivity contribution in [3.8, 4) is 0 Å². The second kappa shape index (κ2) is 5.38. The fourth-order valence-electron chi connectivity index (χ4n) is 1.42. The normalized spacial score (nSPS) is 10.0. The Kier molecular flexibility index (Phi) is 3.86. The van der Waals surface area contributed by atoms with Crippen LogP contribution in [0.5, 0.6) is 0 Å².